The smallest absolute Gasteiger partial charge is 0.253 e. The van der Waals surface area contributed by atoms with Gasteiger partial charge in [-0.2, -0.15) is 0 Å². The molecule has 0 unspecified atom stereocenters. The van der Waals surface area contributed by atoms with E-state index in [4.69, 9.17) is 23.2 Å². The Hall–Kier alpha value is -2.08. The summed E-state index contributed by atoms with van der Waals surface area (Å²) in [6.07, 6.45) is 0.911. The Bertz CT molecular complexity index is 910. The maximum absolute atomic E-state index is 12.8. The van der Waals surface area contributed by atoms with E-state index in [2.05, 4.69) is 11.0 Å². The molecule has 2 amide bonds. The molecule has 5 nitrogen and oxygen atoms in total. The number of carbonyl (C=O) groups is 2. The van der Waals surface area contributed by atoms with Crippen LogP contribution in [0, 0.1) is 0 Å². The Kier molecular flexibility index (Phi) is 5.58. The van der Waals surface area contributed by atoms with Gasteiger partial charge in [-0.1, -0.05) is 41.4 Å². The zero-order chi connectivity index (χ0) is 19.7. The molecule has 0 radical (unpaired) electrons. The van der Waals surface area contributed by atoms with Gasteiger partial charge in [-0.25, -0.2) is 0 Å². The summed E-state index contributed by atoms with van der Waals surface area (Å²) in [6.45, 7) is 3.64. The first-order valence-corrected chi connectivity index (χ1v) is 10.1. The summed E-state index contributed by atoms with van der Waals surface area (Å²) >= 11 is 11.9. The third kappa shape index (κ3) is 3.88. The molecule has 0 aliphatic carbocycles. The summed E-state index contributed by atoms with van der Waals surface area (Å²) in [6, 6.07) is 13.0. The third-order valence-corrected chi connectivity index (χ3v) is 6.11. The van der Waals surface area contributed by atoms with Gasteiger partial charge in [0.05, 0.1) is 16.6 Å². The van der Waals surface area contributed by atoms with E-state index in [1.165, 1.54) is 5.56 Å². The Morgan fingerprint density at radius 1 is 0.893 bits per heavy atom. The van der Waals surface area contributed by atoms with E-state index in [1.807, 2.05) is 23.1 Å². The highest BCUT2D eigenvalue weighted by molar-refractivity contribution is 6.42. The average molecular weight is 418 g/mol. The molecule has 2 aliphatic heterocycles. The number of hydrogen-bond acceptors (Lipinski definition) is 3. The molecule has 0 aromatic heterocycles. The highest BCUT2D eigenvalue weighted by atomic mass is 35.5. The quantitative estimate of drug-likeness (QED) is 0.768. The van der Waals surface area contributed by atoms with Crippen molar-refractivity contribution in [3.63, 3.8) is 0 Å². The zero-order valence-corrected chi connectivity index (χ0v) is 16.9. The van der Waals surface area contributed by atoms with Gasteiger partial charge < -0.3 is 9.80 Å². The highest BCUT2D eigenvalue weighted by Gasteiger charge is 2.28. The summed E-state index contributed by atoms with van der Waals surface area (Å²) in [7, 11) is 0. The van der Waals surface area contributed by atoms with E-state index < -0.39 is 0 Å². The standard InChI is InChI=1S/C21H21Cl2N3O2/c22-17-6-5-16(13-18(17)23)21(28)25-11-9-24(10-12-25)14-20(27)26-8-7-15-3-1-2-4-19(15)26/h1-6,13H,7-12,14H2. The number of fused-ring (bicyclic) bond motifs is 1. The fraction of sp³-hybridized carbons (Fsp3) is 0.333. The van der Waals surface area contributed by atoms with Crippen LogP contribution in [0.15, 0.2) is 42.5 Å². The lowest BCUT2D eigenvalue weighted by molar-refractivity contribution is -0.120. The van der Waals surface area contributed by atoms with Crippen LogP contribution in [-0.4, -0.2) is 60.9 Å². The van der Waals surface area contributed by atoms with Crippen molar-refractivity contribution in [1.29, 1.82) is 0 Å². The Balaban J connectivity index is 1.32. The van der Waals surface area contributed by atoms with E-state index in [-0.39, 0.29) is 11.8 Å². The molecule has 0 saturated carbocycles. The van der Waals surface area contributed by atoms with E-state index in [0.717, 1.165) is 18.7 Å². The number of para-hydroxylation sites is 1. The summed E-state index contributed by atoms with van der Waals surface area (Å²) in [5.41, 5.74) is 2.79. The molecule has 28 heavy (non-hydrogen) atoms. The molecule has 2 heterocycles. The average Bonchev–Trinajstić information content (AvgIpc) is 3.14. The predicted octanol–water partition coefficient (Wildman–Crippen LogP) is 3.34. The van der Waals surface area contributed by atoms with E-state index in [9.17, 15) is 9.59 Å². The zero-order valence-electron chi connectivity index (χ0n) is 15.4. The molecule has 0 spiro atoms. The molecule has 2 aromatic carbocycles. The number of nitrogens with zero attached hydrogens (tertiary/aromatic N) is 3. The van der Waals surface area contributed by atoms with Gasteiger partial charge in [0.2, 0.25) is 5.91 Å². The topological polar surface area (TPSA) is 43.9 Å². The van der Waals surface area contributed by atoms with E-state index in [1.54, 1.807) is 23.1 Å². The molecule has 7 heteroatoms. The molecule has 2 aromatic rings. The maximum Gasteiger partial charge on any atom is 0.253 e. The second-order valence-corrected chi connectivity index (χ2v) is 7.94. The lowest BCUT2D eigenvalue weighted by atomic mass is 10.1. The minimum atomic E-state index is -0.0574. The van der Waals surface area contributed by atoms with Crippen molar-refractivity contribution in [2.24, 2.45) is 0 Å². The minimum absolute atomic E-state index is 0.0574. The van der Waals surface area contributed by atoms with E-state index in [0.29, 0.717) is 48.3 Å². The van der Waals surface area contributed by atoms with Gasteiger partial charge in [0.15, 0.2) is 0 Å². The first-order valence-electron chi connectivity index (χ1n) is 9.38. The van der Waals surface area contributed by atoms with Gasteiger partial charge in [0, 0.05) is 44.0 Å². The molecular formula is C21H21Cl2N3O2. The Morgan fingerprint density at radius 2 is 1.64 bits per heavy atom. The van der Waals surface area contributed by atoms with Gasteiger partial charge in [-0.15, -0.1) is 0 Å². The number of hydrogen-bond donors (Lipinski definition) is 0. The van der Waals surface area contributed by atoms with Crippen molar-refractivity contribution in [3.8, 4) is 0 Å². The van der Waals surface area contributed by atoms with Gasteiger partial charge in [0.1, 0.15) is 0 Å². The summed E-state index contributed by atoms with van der Waals surface area (Å²) in [5, 5.41) is 0.813. The Labute approximate surface area is 174 Å². The number of carbonyl (C=O) groups excluding carboxylic acids is 2. The second kappa shape index (κ2) is 8.11. The van der Waals surface area contributed by atoms with Gasteiger partial charge >= 0.3 is 0 Å². The van der Waals surface area contributed by atoms with Crippen LogP contribution in [0.2, 0.25) is 10.0 Å². The van der Waals surface area contributed by atoms with Gasteiger partial charge in [0.25, 0.3) is 5.91 Å². The van der Waals surface area contributed by atoms with Crippen LogP contribution in [0.5, 0.6) is 0 Å². The van der Waals surface area contributed by atoms with Crippen LogP contribution in [0.3, 0.4) is 0 Å². The van der Waals surface area contributed by atoms with E-state index >= 15 is 0 Å². The predicted molar refractivity (Wildman–Crippen MR) is 111 cm³/mol. The molecule has 1 saturated heterocycles. The number of benzene rings is 2. The first-order chi connectivity index (χ1) is 13.5. The van der Waals surface area contributed by atoms with Crippen molar-refractivity contribution < 1.29 is 9.59 Å². The lowest BCUT2D eigenvalue weighted by Crippen LogP contribution is -2.51. The summed E-state index contributed by atoms with van der Waals surface area (Å²) in [4.78, 5) is 31.2. The number of rotatable bonds is 3. The molecular weight excluding hydrogens is 397 g/mol. The van der Waals surface area contributed by atoms with Crippen LogP contribution in [-0.2, 0) is 11.2 Å². The number of piperazine rings is 1. The van der Waals surface area contributed by atoms with Crippen molar-refractivity contribution in [2.75, 3.05) is 44.2 Å². The van der Waals surface area contributed by atoms with Crippen LogP contribution < -0.4 is 4.90 Å². The van der Waals surface area contributed by atoms with Crippen molar-refractivity contribution in [3.05, 3.63) is 63.6 Å². The van der Waals surface area contributed by atoms with Gasteiger partial charge in [-0.3, -0.25) is 14.5 Å². The molecule has 1 fully saturated rings. The SMILES string of the molecule is O=C(c1ccc(Cl)c(Cl)c1)N1CCN(CC(=O)N2CCc3ccccc32)CC1. The molecule has 2 aliphatic rings. The number of anilines is 1. The molecule has 0 bridgehead atoms. The normalized spacial score (nSPS) is 16.9. The molecule has 4 rings (SSSR count). The van der Waals surface area contributed by atoms with Crippen LogP contribution >= 0.6 is 23.2 Å². The number of amides is 2. The van der Waals surface area contributed by atoms with Crippen LogP contribution in [0.4, 0.5) is 5.69 Å². The highest BCUT2D eigenvalue weighted by Crippen LogP contribution is 2.27. The summed E-state index contributed by atoms with van der Waals surface area (Å²) in [5.74, 6) is 0.0622. The maximum atomic E-state index is 12.8. The number of halogens is 2. The van der Waals surface area contributed by atoms with Crippen molar-refractivity contribution in [1.82, 2.24) is 9.80 Å². The molecule has 146 valence electrons. The first kappa shape index (κ1) is 19.2. The van der Waals surface area contributed by atoms with Crippen molar-refractivity contribution in [2.45, 2.75) is 6.42 Å². The van der Waals surface area contributed by atoms with Crippen molar-refractivity contribution >= 4 is 40.7 Å². The molecule has 0 N–H and O–H groups in total. The fourth-order valence-electron chi connectivity index (χ4n) is 3.79. The van der Waals surface area contributed by atoms with Crippen LogP contribution in [0.25, 0.3) is 0 Å². The molecule has 0 atom stereocenters. The van der Waals surface area contributed by atoms with Gasteiger partial charge in [-0.05, 0) is 36.2 Å². The fourth-order valence-corrected chi connectivity index (χ4v) is 4.09. The van der Waals surface area contributed by atoms with Crippen LogP contribution in [0.1, 0.15) is 15.9 Å². The Morgan fingerprint density at radius 3 is 2.39 bits per heavy atom. The minimum Gasteiger partial charge on any atom is -0.336 e. The largest absolute Gasteiger partial charge is 0.336 e. The third-order valence-electron chi connectivity index (χ3n) is 5.37. The summed E-state index contributed by atoms with van der Waals surface area (Å²) < 4.78 is 0. The second-order valence-electron chi connectivity index (χ2n) is 7.12. The monoisotopic (exact) mass is 417 g/mol. The lowest BCUT2D eigenvalue weighted by Gasteiger charge is -2.35.